The zero-order chi connectivity index (χ0) is 41.3. The highest BCUT2D eigenvalue weighted by Crippen LogP contribution is 2.47. The van der Waals surface area contributed by atoms with E-state index in [0.717, 1.165) is 96.3 Å². The Labute approximate surface area is 336 Å². The van der Waals surface area contributed by atoms with E-state index in [1.54, 1.807) is 0 Å². The Morgan fingerprint density at radius 2 is 1.05 bits per heavy atom. The molecule has 6 unspecified atom stereocenters. The summed E-state index contributed by atoms with van der Waals surface area (Å²) in [5, 5.41) is 49.9. The van der Waals surface area contributed by atoms with Crippen LogP contribution in [0.1, 0.15) is 129 Å². The molecule has 0 aromatic heterocycles. The first-order chi connectivity index (χ1) is 27.0. The largest absolute Gasteiger partial charge is 0.472 e. The zero-order valence-corrected chi connectivity index (χ0v) is 34.8. The Balaban J connectivity index is 2.39. The van der Waals surface area contributed by atoms with Crippen LogP contribution in [0.5, 0.6) is 0 Å². The summed E-state index contributed by atoms with van der Waals surface area (Å²) in [6.45, 7) is 3.97. The van der Waals surface area contributed by atoms with Gasteiger partial charge in [0.25, 0.3) is 0 Å². The molecule has 1 aliphatic carbocycles. The van der Waals surface area contributed by atoms with Gasteiger partial charge in [-0.15, -0.1) is 0 Å². The Morgan fingerprint density at radius 3 is 1.59 bits per heavy atom. The summed E-state index contributed by atoms with van der Waals surface area (Å²) in [4.78, 5) is 22.9. The Kier molecular flexibility index (Phi) is 31.2. The van der Waals surface area contributed by atoms with Crippen molar-refractivity contribution in [3.05, 3.63) is 72.9 Å². The molecule has 0 bridgehead atoms. The summed E-state index contributed by atoms with van der Waals surface area (Å²) in [7, 11) is -5.02. The maximum atomic E-state index is 12.7. The van der Waals surface area contributed by atoms with Crippen LogP contribution in [-0.2, 0) is 27.9 Å². The first kappa shape index (κ1) is 51.8. The smallest absolute Gasteiger partial charge is 0.457 e. The number of unbranched alkanes of at least 4 members (excludes halogenated alkanes) is 9. The normalized spacial score (nSPS) is 23.8. The van der Waals surface area contributed by atoms with Crippen LogP contribution in [-0.4, -0.2) is 98.9 Å². The Bertz CT molecular complexity index is 1200. The second kappa shape index (κ2) is 33.7. The van der Waals surface area contributed by atoms with Gasteiger partial charge in [-0.05, 0) is 64.2 Å². The van der Waals surface area contributed by atoms with Gasteiger partial charge in [0, 0.05) is 13.0 Å². The van der Waals surface area contributed by atoms with Crippen molar-refractivity contribution in [1.29, 1.82) is 0 Å². The molecule has 0 aromatic rings. The molecule has 1 saturated carbocycles. The Hall–Kier alpha value is -2.22. The summed E-state index contributed by atoms with van der Waals surface area (Å²) in [6, 6.07) is 0. The van der Waals surface area contributed by atoms with E-state index in [2.05, 4.69) is 86.8 Å². The number of esters is 1. The van der Waals surface area contributed by atoms with Crippen molar-refractivity contribution in [2.45, 2.75) is 172 Å². The van der Waals surface area contributed by atoms with Crippen LogP contribution < -0.4 is 0 Å². The minimum atomic E-state index is -5.02. The summed E-state index contributed by atoms with van der Waals surface area (Å²) in [5.74, 6) is -0.501. The van der Waals surface area contributed by atoms with E-state index < -0.39 is 63.1 Å². The number of ether oxygens (including phenoxy) is 2. The molecular weight excluding hydrogens is 739 g/mol. The number of hydrogen-bond donors (Lipinski definition) is 6. The van der Waals surface area contributed by atoms with Crippen LogP contribution in [0.2, 0.25) is 0 Å². The number of aliphatic hydroxyl groups excluding tert-OH is 5. The fourth-order valence-electron chi connectivity index (χ4n) is 5.77. The molecule has 12 nitrogen and oxygen atoms in total. The summed E-state index contributed by atoms with van der Waals surface area (Å²) >= 11 is 0. The molecule has 0 aliphatic heterocycles. The van der Waals surface area contributed by atoms with Crippen molar-refractivity contribution >= 4 is 13.8 Å². The van der Waals surface area contributed by atoms with Gasteiger partial charge < -0.3 is 39.9 Å². The lowest BCUT2D eigenvalue weighted by Crippen LogP contribution is -2.64. The third-order valence-corrected chi connectivity index (χ3v) is 10.1. The van der Waals surface area contributed by atoms with Crippen molar-refractivity contribution in [3.63, 3.8) is 0 Å². The average Bonchev–Trinajstić information content (AvgIpc) is 3.18. The average molecular weight is 813 g/mol. The molecule has 0 spiro atoms. The molecule has 0 amide bonds. The maximum Gasteiger partial charge on any atom is 0.472 e. The van der Waals surface area contributed by atoms with Gasteiger partial charge in [-0.2, -0.15) is 0 Å². The first-order valence-electron chi connectivity index (χ1n) is 20.8. The summed E-state index contributed by atoms with van der Waals surface area (Å²) in [6.07, 6.45) is 30.1. The van der Waals surface area contributed by atoms with E-state index in [1.807, 2.05) is 0 Å². The minimum absolute atomic E-state index is 0.103. The van der Waals surface area contributed by atoms with Crippen molar-refractivity contribution in [1.82, 2.24) is 0 Å². The highest BCUT2D eigenvalue weighted by Gasteiger charge is 2.51. The van der Waals surface area contributed by atoms with Crippen LogP contribution in [0, 0.1) is 0 Å². The topological polar surface area (TPSA) is 192 Å². The maximum absolute atomic E-state index is 12.7. The number of phosphoric acid groups is 1. The lowest BCUT2D eigenvalue weighted by atomic mass is 9.85. The second-order valence-electron chi connectivity index (χ2n) is 14.1. The van der Waals surface area contributed by atoms with Gasteiger partial charge >= 0.3 is 13.8 Å². The summed E-state index contributed by atoms with van der Waals surface area (Å²) in [5.41, 5.74) is 0. The molecule has 13 heteroatoms. The number of phosphoric ester groups is 1. The number of rotatable bonds is 33. The van der Waals surface area contributed by atoms with Crippen molar-refractivity contribution in [2.24, 2.45) is 0 Å². The van der Waals surface area contributed by atoms with Crippen LogP contribution in [0.4, 0.5) is 0 Å². The Morgan fingerprint density at radius 1 is 0.589 bits per heavy atom. The molecule has 1 rings (SSSR count). The number of aliphatic hydroxyl groups is 5. The van der Waals surface area contributed by atoms with Crippen LogP contribution in [0.3, 0.4) is 0 Å². The van der Waals surface area contributed by atoms with Gasteiger partial charge in [-0.25, -0.2) is 4.57 Å². The monoisotopic (exact) mass is 812 g/mol. The number of carbonyl (C=O) groups is 1. The van der Waals surface area contributed by atoms with Crippen LogP contribution in [0.25, 0.3) is 0 Å². The molecule has 56 heavy (non-hydrogen) atoms. The van der Waals surface area contributed by atoms with Gasteiger partial charge in [-0.3, -0.25) is 13.8 Å². The number of hydrogen-bond acceptors (Lipinski definition) is 11. The van der Waals surface area contributed by atoms with Crippen LogP contribution in [0.15, 0.2) is 72.9 Å². The standard InChI is InChI=1S/C43H73O12P/c1-3-5-7-9-11-12-13-14-15-16-17-18-19-20-21-22-23-24-25-27-29-31-33-52-34-36(54-37(44)32-30-28-26-10-8-6-4-2)35-53-56(50,51)55-43-41(48)39(46)38(45)40(47)42(43)49/h5,7,11-12,14-15,17-18,20-21,23-24,36,38-43,45-49H,3-4,6,8-10,13,16,19,22,25-35H2,1-2H3,(H,50,51)/b7-5-,12-11-,15-14-,18-17-,21-20-,24-23-. The van der Waals surface area contributed by atoms with Gasteiger partial charge in [0.1, 0.15) is 42.7 Å². The van der Waals surface area contributed by atoms with E-state index in [9.17, 15) is 39.8 Å². The van der Waals surface area contributed by atoms with Gasteiger partial charge in [0.2, 0.25) is 0 Å². The van der Waals surface area contributed by atoms with Gasteiger partial charge in [-0.1, -0.05) is 132 Å². The zero-order valence-electron chi connectivity index (χ0n) is 33.9. The predicted molar refractivity (Wildman–Crippen MR) is 221 cm³/mol. The molecule has 1 aliphatic rings. The molecule has 0 heterocycles. The quantitative estimate of drug-likeness (QED) is 0.0165. The van der Waals surface area contributed by atoms with E-state index >= 15 is 0 Å². The fourth-order valence-corrected chi connectivity index (χ4v) is 6.74. The van der Waals surface area contributed by atoms with Crippen LogP contribution >= 0.6 is 7.82 Å². The molecule has 0 aromatic carbocycles. The fraction of sp³-hybridized carbons (Fsp3) is 0.698. The van der Waals surface area contributed by atoms with E-state index in [1.165, 1.54) is 6.42 Å². The van der Waals surface area contributed by atoms with E-state index in [-0.39, 0.29) is 13.0 Å². The molecule has 6 atom stereocenters. The lowest BCUT2D eigenvalue weighted by molar-refractivity contribution is -0.220. The predicted octanol–water partition coefficient (Wildman–Crippen LogP) is 7.63. The molecule has 6 N–H and O–H groups in total. The second-order valence-corrected chi connectivity index (χ2v) is 15.5. The van der Waals surface area contributed by atoms with E-state index in [4.69, 9.17) is 18.5 Å². The van der Waals surface area contributed by atoms with Gasteiger partial charge in [0.15, 0.2) is 0 Å². The molecule has 0 radical (unpaired) electrons. The minimum Gasteiger partial charge on any atom is -0.457 e. The SMILES string of the molecule is CC/C=C\C/C=C\C/C=C\C/C=C\C/C=C\C/C=C\CCCCCOCC(COP(=O)(O)OC1C(O)C(O)C(O)C(O)C1O)OC(=O)CCCCCCCCC. The lowest BCUT2D eigenvalue weighted by Gasteiger charge is -2.41. The molecule has 0 saturated heterocycles. The van der Waals surface area contributed by atoms with Crippen molar-refractivity contribution in [3.8, 4) is 0 Å². The van der Waals surface area contributed by atoms with Crippen molar-refractivity contribution < 1.29 is 58.3 Å². The number of carbonyl (C=O) groups excluding carboxylic acids is 1. The molecular formula is C43H73O12P. The van der Waals surface area contributed by atoms with Crippen molar-refractivity contribution in [2.75, 3.05) is 19.8 Å². The molecule has 1 fully saturated rings. The third kappa shape index (κ3) is 25.9. The summed E-state index contributed by atoms with van der Waals surface area (Å²) < 4.78 is 33.9. The van der Waals surface area contributed by atoms with Gasteiger partial charge in [0.05, 0.1) is 13.2 Å². The van der Waals surface area contributed by atoms with E-state index in [0.29, 0.717) is 13.0 Å². The third-order valence-electron chi connectivity index (χ3n) is 9.09. The highest BCUT2D eigenvalue weighted by molar-refractivity contribution is 7.47. The first-order valence-corrected chi connectivity index (χ1v) is 22.3. The molecule has 322 valence electrons. The number of allylic oxidation sites excluding steroid dienone is 12. The highest BCUT2D eigenvalue weighted by atomic mass is 31.2.